The molecule has 2 saturated heterocycles. The normalized spacial score (nSPS) is 20.5. The summed E-state index contributed by atoms with van der Waals surface area (Å²) in [6.45, 7) is -1.54. The van der Waals surface area contributed by atoms with E-state index < -0.39 is 133 Å². The van der Waals surface area contributed by atoms with Crippen LogP contribution in [0.4, 0.5) is 32.9 Å². The van der Waals surface area contributed by atoms with Gasteiger partial charge in [0.15, 0.2) is 31.0 Å². The number of nitrogens with two attached hydrogens (primary N) is 2. The maximum absolute atomic E-state index is 13.0. The lowest BCUT2D eigenvalue weighted by atomic mass is 10.1. The van der Waals surface area contributed by atoms with Crippen LogP contribution in [0, 0.1) is 0 Å². The van der Waals surface area contributed by atoms with E-state index in [9.17, 15) is 95.7 Å². The van der Waals surface area contributed by atoms with Gasteiger partial charge in [0.25, 0.3) is 54.3 Å². The zero-order valence-corrected chi connectivity index (χ0v) is 74.5. The number of imidazole rings is 2. The van der Waals surface area contributed by atoms with E-state index in [1.807, 2.05) is 110 Å². The molecule has 2 fully saturated rings. The van der Waals surface area contributed by atoms with Gasteiger partial charge in [-0.1, -0.05) is 9.97 Å². The van der Waals surface area contributed by atoms with E-state index in [0.717, 1.165) is 72.8 Å². The van der Waals surface area contributed by atoms with Crippen LogP contribution in [0.2, 0.25) is 0 Å². The quantitative estimate of drug-likeness (QED) is 0.00812. The zero-order valence-electron chi connectivity index (χ0n) is 67.5. The standard InChI is InChI=1S/2C33H43N10O16P3S/c1-40(2)18-7-9-20-23(14-18)63-24-15-19(8-10-21(24)37-20)41(3)13-5-6-25(44)35-11-12-36-33(47)57-28-22(16-55-61(51,52)59-62(53,54)58-60(48,49)50)56-31(27(28)45)43-17-42(4)26-29(43)38-32(34)39-30(26)46;1-40(2)18-7-9-20-23(14-18)63-24-15-19(8-10-21(24)37-20)41(3)13-5-6-25(44)35-11-12-36-33(47)57-28-27(45)22(16-55-61(51,52)59-62(53,54)58-60(48,49)50)56-31(28)43-17-42(4)26-29(43)38-32(34)39-30(26)46/h2*7-10,14-15,17,22,27-28,31,45H,5-6,11-13,16H2,1-4H3,(H7-2,34,35,36,38,39,44,46,47,48,49,50,51,52,53,54)/t2*22-,27-,28-,31-/m11/s1. The Morgan fingerprint density at radius 2 is 0.952 bits per heavy atom. The fourth-order valence-electron chi connectivity index (χ4n) is 13.0. The first kappa shape index (κ1) is 97.2. The minimum atomic E-state index is -6.20. The highest BCUT2D eigenvalue weighted by Gasteiger charge is 2.53. The van der Waals surface area contributed by atoms with Gasteiger partial charge in [-0.3, -0.25) is 65.6 Å². The smallest absolute Gasteiger partial charge is 0.478 e. The van der Waals surface area contributed by atoms with Crippen LogP contribution in [-0.4, -0.2) is 224 Å². The van der Waals surface area contributed by atoms with Crippen molar-refractivity contribution in [2.45, 2.75) is 74.8 Å². The molecule has 4 aromatic heterocycles. The monoisotopic (exact) mass is 1920 g/mol. The summed E-state index contributed by atoms with van der Waals surface area (Å²) >= 11 is 3.29. The third-order valence-electron chi connectivity index (χ3n) is 18.7. The van der Waals surface area contributed by atoms with Crippen molar-refractivity contribution in [1.29, 1.82) is 0 Å². The van der Waals surface area contributed by atoms with Gasteiger partial charge in [0.05, 0.1) is 68.9 Å². The summed E-state index contributed by atoms with van der Waals surface area (Å²) < 4.78 is 126. The van der Waals surface area contributed by atoms with Crippen molar-refractivity contribution in [3.63, 3.8) is 0 Å². The van der Waals surface area contributed by atoms with Crippen LogP contribution in [-0.2, 0) is 96.3 Å². The third kappa shape index (κ3) is 25.5. The van der Waals surface area contributed by atoms with Crippen LogP contribution in [0.1, 0.15) is 38.1 Å². The Kier molecular flexibility index (Phi) is 30.9. The van der Waals surface area contributed by atoms with Crippen LogP contribution < -0.4 is 102 Å². The van der Waals surface area contributed by atoms with E-state index in [0.29, 0.717) is 25.9 Å². The van der Waals surface area contributed by atoms with Gasteiger partial charge in [-0.15, -0.1) is 22.7 Å². The number of nitrogen functional groups attached to an aromatic ring is 2. The zero-order chi connectivity index (χ0) is 92.0. The molecular weight excluding hydrogens is 1830 g/mol. The number of nitrogens with zero attached hydrogens (tertiary/aromatic N) is 12. The number of rotatable bonds is 34. The number of aromatic amines is 2. The number of carbonyl (C=O) groups is 4. The topological polar surface area (TPSA) is 724 Å². The fraction of sp³-hybridized carbons (Fsp3) is 0.424. The molecule has 0 radical (unpaired) electrons. The Morgan fingerprint density at radius 1 is 0.556 bits per heavy atom. The molecule has 52 nitrogen and oxygen atoms in total. The number of phosphoric ester groups is 2. The number of alkyl carbamates (subject to hydrolysis) is 2. The number of benzene rings is 4. The molecule has 0 bridgehead atoms. The van der Waals surface area contributed by atoms with Crippen LogP contribution in [0.25, 0.3) is 63.9 Å². The van der Waals surface area contributed by atoms with E-state index >= 15 is 0 Å². The van der Waals surface area contributed by atoms with Crippen LogP contribution in [0.5, 0.6) is 0 Å². The predicted octanol–water partition coefficient (Wildman–Crippen LogP) is -3.31. The number of hydrogen-bond donors (Lipinski definition) is 14. The summed E-state index contributed by atoms with van der Waals surface area (Å²) in [5, 5.41) is 34.8. The highest BCUT2D eigenvalue weighted by molar-refractivity contribution is 7.66. The number of anilines is 4. The first-order chi connectivity index (χ1) is 59.0. The molecule has 4 aliphatic heterocycles. The molecule has 6 aliphatic rings. The lowest BCUT2D eigenvalue weighted by Gasteiger charge is -2.28. The fourth-order valence-corrected chi connectivity index (χ4v) is 20.9. The number of nitrogens with one attached hydrogen (secondary N) is 6. The van der Waals surface area contributed by atoms with E-state index in [1.165, 1.54) is 35.9 Å². The summed E-state index contributed by atoms with van der Waals surface area (Å²) in [4.78, 5) is 187. The number of aromatic nitrogens is 10. The first-order valence-corrected chi connectivity index (χ1v) is 47.7. The van der Waals surface area contributed by atoms with E-state index in [-0.39, 0.29) is 85.1 Å². The predicted molar refractivity (Wildman–Crippen MR) is 437 cm³/mol. The Hall–Kier alpha value is -9.44. The molecule has 6 aromatic rings. The molecule has 14 atom stereocenters. The van der Waals surface area contributed by atoms with E-state index in [2.05, 4.69) is 91.8 Å². The Balaban J connectivity index is 0.000000245. The minimum Gasteiger partial charge on any atom is -0.756 e. The number of fused-ring (bicyclic) bond motifs is 6. The number of amides is 4. The molecule has 8 heterocycles. The molecule has 4 amide bonds. The van der Waals surface area contributed by atoms with Crippen LogP contribution >= 0.6 is 69.6 Å². The van der Waals surface area contributed by atoms with Crippen molar-refractivity contribution in [3.8, 4) is 21.1 Å². The first-order valence-electron chi connectivity index (χ1n) is 37.2. The van der Waals surface area contributed by atoms with Crippen molar-refractivity contribution in [2.75, 3.05) is 116 Å². The van der Waals surface area contributed by atoms with Crippen molar-refractivity contribution >= 4 is 160 Å². The van der Waals surface area contributed by atoms with Gasteiger partial charge < -0.3 is 111 Å². The molecule has 16 N–H and O–H groups in total. The second-order valence-electron chi connectivity index (χ2n) is 28.5. The molecule has 2 aromatic carbocycles. The Bertz CT molecular complexity index is 6300. The van der Waals surface area contributed by atoms with Gasteiger partial charge in [0.1, 0.15) is 46.5 Å². The van der Waals surface area contributed by atoms with Gasteiger partial charge in [0, 0.05) is 102 Å². The van der Waals surface area contributed by atoms with E-state index in [1.54, 1.807) is 22.7 Å². The maximum atomic E-state index is 13.0. The van der Waals surface area contributed by atoms with Crippen molar-refractivity contribution in [2.24, 2.45) is 14.1 Å². The number of carbonyl (C=O) groups excluding carboxylic acids is 4. The molecule has 0 spiro atoms. The Morgan fingerprint density at radius 3 is 1.37 bits per heavy atom. The highest BCUT2D eigenvalue weighted by atomic mass is 32.1. The molecule has 60 heteroatoms. The number of phosphoric acid groups is 6. The lowest BCUT2D eigenvalue weighted by molar-refractivity contribution is -0.746. The number of aliphatic hydroxyl groups excluding tert-OH is 2. The van der Waals surface area contributed by atoms with Gasteiger partial charge in [-0.2, -0.15) is 0 Å². The van der Waals surface area contributed by atoms with Crippen molar-refractivity contribution in [3.05, 3.63) is 117 Å². The number of aryl methyl sites for hydroxylation is 2. The molecular formula is C66H86N20O32P6S2. The second-order valence-corrected chi connectivity index (χ2v) is 39.3. The molecule has 12 rings (SSSR count). The maximum Gasteiger partial charge on any atom is 0.478 e. The number of ether oxygens (including phenoxy) is 4. The number of aliphatic hydroxyl groups is 2. The third-order valence-corrected chi connectivity index (χ3v) is 28.3. The second kappa shape index (κ2) is 40.1. The average Bonchev–Trinajstić information content (AvgIpc) is 1.60. The largest absolute Gasteiger partial charge is 0.756 e. The summed E-state index contributed by atoms with van der Waals surface area (Å²) in [5.74, 6) is -1.22. The minimum absolute atomic E-state index is 0.0167. The van der Waals surface area contributed by atoms with E-state index in [4.69, 9.17) is 50.2 Å². The summed E-state index contributed by atoms with van der Waals surface area (Å²) in [6.07, 6.45) is -12.1. The molecule has 684 valence electrons. The molecule has 126 heavy (non-hydrogen) atoms. The average molecular weight is 1920 g/mol. The van der Waals surface area contributed by atoms with Crippen molar-refractivity contribution in [1.82, 2.24) is 69.5 Å². The number of hydrogen-bond acceptors (Lipinski definition) is 38. The lowest BCUT2D eigenvalue weighted by Crippen LogP contribution is -2.49. The van der Waals surface area contributed by atoms with Crippen LogP contribution in [0.3, 0.4) is 0 Å². The van der Waals surface area contributed by atoms with Gasteiger partial charge >= 0.3 is 39.1 Å². The van der Waals surface area contributed by atoms with Gasteiger partial charge in [-0.25, -0.2) is 64.2 Å². The number of H-pyrrole nitrogens is 2. The summed E-state index contributed by atoms with van der Waals surface area (Å²) in [6, 6.07) is 24.2. The highest BCUT2D eigenvalue weighted by Crippen LogP contribution is 2.64. The van der Waals surface area contributed by atoms with Gasteiger partial charge in [0.2, 0.25) is 46.0 Å². The van der Waals surface area contributed by atoms with Crippen molar-refractivity contribution < 1.29 is 150 Å². The molecule has 2 aliphatic carbocycles. The van der Waals surface area contributed by atoms with Gasteiger partial charge in [-0.05, 0) is 61.4 Å². The Labute approximate surface area is 718 Å². The summed E-state index contributed by atoms with van der Waals surface area (Å²) in [5.41, 5.74) is 15.3. The SMILES string of the molecule is CN(CCCC(=O)NCCNC(=O)O[C@@H]1[C@H](O)[C@@H](COP(=O)(O)OP(=O)([O-])OP(=O)([O-])O)O[C@H]1[n+]1cn(C)c2c(=O)[nH]c(N)nc21)c1ccc2nc3ccc(=[N+](C)C)cc-3sc2c1.CN(CCCC(=O)NCCNC(=O)O[C@H]1[C@@H](O)[C@H]([n+]2cn(C)c3c(=O)[nH]c(N)nc32)O[C@@H]1COP(=O)(O)OP(=O)([O-])OP(=O)([O-])O)c1ccc2nc3ccc(=[N+](C)C)cc-3sc2c1. The molecule has 6 unspecified atom stereocenters. The molecule has 0 saturated carbocycles. The summed E-state index contributed by atoms with van der Waals surface area (Å²) in [7, 11) is -21.2. The van der Waals surface area contributed by atoms with Crippen LogP contribution in [0.15, 0.2) is 95.0 Å².